The highest BCUT2D eigenvalue weighted by atomic mass is 16.7. The summed E-state index contributed by atoms with van der Waals surface area (Å²) in [6.07, 6.45) is 0.666. The van der Waals surface area contributed by atoms with Gasteiger partial charge in [-0.05, 0) is 62.1 Å². The molecule has 7 nitrogen and oxygen atoms in total. The first-order chi connectivity index (χ1) is 15.3. The van der Waals surface area contributed by atoms with Crippen molar-refractivity contribution in [3.05, 3.63) is 60.4 Å². The summed E-state index contributed by atoms with van der Waals surface area (Å²) in [7, 11) is 0. The number of aromatic nitrogens is 3. The van der Waals surface area contributed by atoms with Crippen molar-refractivity contribution < 1.29 is 14.3 Å². The van der Waals surface area contributed by atoms with Crippen LogP contribution in [-0.4, -0.2) is 33.3 Å². The maximum atomic E-state index is 12.4. The van der Waals surface area contributed by atoms with Gasteiger partial charge in [-0.2, -0.15) is 0 Å². The van der Waals surface area contributed by atoms with Crippen LogP contribution in [0.4, 0.5) is 10.5 Å². The molecule has 4 rings (SSSR count). The number of anilines is 1. The second kappa shape index (κ2) is 9.12. The van der Waals surface area contributed by atoms with E-state index in [4.69, 9.17) is 9.47 Å². The van der Waals surface area contributed by atoms with Gasteiger partial charge >= 0.3 is 6.09 Å². The first-order valence-corrected chi connectivity index (χ1v) is 11.0. The molecule has 168 valence electrons. The van der Waals surface area contributed by atoms with Gasteiger partial charge in [0.15, 0.2) is 5.82 Å². The fraction of sp³-hybridized carbons (Fsp3) is 0.400. The van der Waals surface area contributed by atoms with Crippen molar-refractivity contribution in [1.29, 1.82) is 0 Å². The maximum Gasteiger partial charge on any atom is 0.413 e. The second-order valence-electron chi connectivity index (χ2n) is 8.74. The Morgan fingerprint density at radius 2 is 1.66 bits per heavy atom. The average Bonchev–Trinajstić information content (AvgIpc) is 3.27. The van der Waals surface area contributed by atoms with E-state index in [2.05, 4.69) is 36.2 Å². The summed E-state index contributed by atoms with van der Waals surface area (Å²) < 4.78 is 13.2. The van der Waals surface area contributed by atoms with Gasteiger partial charge in [0.1, 0.15) is 6.33 Å². The quantitative estimate of drug-likeness (QED) is 0.591. The minimum Gasteiger partial charge on any atom is -0.419 e. The summed E-state index contributed by atoms with van der Waals surface area (Å²) in [4.78, 5) is 16.8. The van der Waals surface area contributed by atoms with Crippen molar-refractivity contribution >= 4 is 11.8 Å². The number of nitrogens with zero attached hydrogens (tertiary/aromatic N) is 3. The summed E-state index contributed by atoms with van der Waals surface area (Å²) >= 11 is 0. The first kappa shape index (κ1) is 22.0. The van der Waals surface area contributed by atoms with Gasteiger partial charge in [0, 0.05) is 17.2 Å². The van der Waals surface area contributed by atoms with Gasteiger partial charge in [-0.1, -0.05) is 38.5 Å². The fourth-order valence-corrected chi connectivity index (χ4v) is 3.92. The van der Waals surface area contributed by atoms with E-state index in [1.807, 2.05) is 62.4 Å². The highest BCUT2D eigenvalue weighted by Gasteiger charge is 2.39. The van der Waals surface area contributed by atoms with Crippen molar-refractivity contribution in [1.82, 2.24) is 14.8 Å². The SMILES string of the molecule is Cc1ccc(-n2cnc(-c3ccc(NC(=O)OC4OC(C)C(C)C(C)C4C)cc3)n2)cc1. The molecule has 5 unspecified atom stereocenters. The molecule has 2 aromatic carbocycles. The number of rotatable bonds is 4. The molecule has 2 heterocycles. The monoisotopic (exact) mass is 434 g/mol. The van der Waals surface area contributed by atoms with Crippen LogP contribution < -0.4 is 5.32 Å². The summed E-state index contributed by atoms with van der Waals surface area (Å²) in [6, 6.07) is 15.4. The number of ether oxygens (including phenoxy) is 2. The lowest BCUT2D eigenvalue weighted by Crippen LogP contribution is -2.45. The molecule has 32 heavy (non-hydrogen) atoms. The van der Waals surface area contributed by atoms with Gasteiger partial charge in [0.25, 0.3) is 0 Å². The number of hydrogen-bond acceptors (Lipinski definition) is 5. The predicted octanol–water partition coefficient (Wildman–Crippen LogP) is 5.44. The number of hydrogen-bond donors (Lipinski definition) is 1. The van der Waals surface area contributed by atoms with Crippen LogP contribution in [0.15, 0.2) is 54.9 Å². The first-order valence-electron chi connectivity index (χ1n) is 11.0. The molecule has 3 aromatic rings. The third-order valence-corrected chi connectivity index (χ3v) is 6.58. The Bertz CT molecular complexity index is 1060. The third-order valence-electron chi connectivity index (χ3n) is 6.58. The van der Waals surface area contributed by atoms with Crippen LogP contribution in [0.3, 0.4) is 0 Å². The lowest BCUT2D eigenvalue weighted by Gasteiger charge is -2.41. The molecule has 1 saturated heterocycles. The zero-order valence-electron chi connectivity index (χ0n) is 19.1. The van der Waals surface area contributed by atoms with Crippen LogP contribution in [0, 0.1) is 24.7 Å². The van der Waals surface area contributed by atoms with Crippen molar-refractivity contribution in [2.24, 2.45) is 17.8 Å². The molecule has 0 saturated carbocycles. The van der Waals surface area contributed by atoms with E-state index in [1.165, 1.54) is 5.56 Å². The van der Waals surface area contributed by atoms with Crippen molar-refractivity contribution in [2.45, 2.75) is 47.0 Å². The van der Waals surface area contributed by atoms with E-state index in [0.29, 0.717) is 23.3 Å². The Morgan fingerprint density at radius 3 is 2.34 bits per heavy atom. The molecule has 0 bridgehead atoms. The molecule has 1 N–H and O–H groups in total. The third kappa shape index (κ3) is 4.67. The van der Waals surface area contributed by atoms with E-state index < -0.39 is 12.4 Å². The largest absolute Gasteiger partial charge is 0.419 e. The van der Waals surface area contributed by atoms with E-state index >= 15 is 0 Å². The molecule has 1 aliphatic rings. The maximum absolute atomic E-state index is 12.4. The minimum absolute atomic E-state index is 0.0468. The van der Waals surface area contributed by atoms with Gasteiger partial charge in [-0.3, -0.25) is 5.32 Å². The smallest absolute Gasteiger partial charge is 0.413 e. The van der Waals surface area contributed by atoms with Gasteiger partial charge < -0.3 is 9.47 Å². The molecule has 0 aliphatic carbocycles. The van der Waals surface area contributed by atoms with E-state index in [9.17, 15) is 4.79 Å². The van der Waals surface area contributed by atoms with Crippen molar-refractivity contribution in [3.8, 4) is 17.1 Å². The molecule has 1 amide bonds. The van der Waals surface area contributed by atoms with Gasteiger partial charge in [0.05, 0.1) is 11.8 Å². The Balaban J connectivity index is 1.38. The van der Waals surface area contributed by atoms with Crippen molar-refractivity contribution in [2.75, 3.05) is 5.32 Å². The Kier molecular flexibility index (Phi) is 6.28. The molecule has 1 fully saturated rings. The van der Waals surface area contributed by atoms with Crippen LogP contribution in [0.25, 0.3) is 17.1 Å². The summed E-state index contributed by atoms with van der Waals surface area (Å²) in [6.45, 7) is 10.5. The Hall–Kier alpha value is -3.19. The zero-order valence-corrected chi connectivity index (χ0v) is 19.1. The number of benzene rings is 2. The summed E-state index contributed by atoms with van der Waals surface area (Å²) in [5.74, 6) is 1.57. The van der Waals surface area contributed by atoms with E-state index in [0.717, 1.165) is 11.3 Å². The topological polar surface area (TPSA) is 78.3 Å². The Morgan fingerprint density at radius 1 is 0.969 bits per heavy atom. The fourth-order valence-electron chi connectivity index (χ4n) is 3.92. The van der Waals surface area contributed by atoms with Crippen LogP contribution in [0.2, 0.25) is 0 Å². The molecule has 7 heteroatoms. The molecule has 0 spiro atoms. The number of carbonyl (C=O) groups excluding carboxylic acids is 1. The molecular weight excluding hydrogens is 404 g/mol. The molecule has 5 atom stereocenters. The van der Waals surface area contributed by atoms with Crippen LogP contribution in [0.5, 0.6) is 0 Å². The molecule has 0 radical (unpaired) electrons. The normalized spacial score (nSPS) is 25.3. The predicted molar refractivity (Wildman–Crippen MR) is 123 cm³/mol. The lowest BCUT2D eigenvalue weighted by molar-refractivity contribution is -0.216. The van der Waals surface area contributed by atoms with Crippen molar-refractivity contribution in [3.63, 3.8) is 0 Å². The lowest BCUT2D eigenvalue weighted by atomic mass is 9.79. The number of aryl methyl sites for hydroxylation is 1. The Labute approximate surface area is 188 Å². The highest BCUT2D eigenvalue weighted by Crippen LogP contribution is 2.35. The number of amides is 1. The number of nitrogens with one attached hydrogen (secondary N) is 1. The van der Waals surface area contributed by atoms with Crippen LogP contribution in [0.1, 0.15) is 33.3 Å². The highest BCUT2D eigenvalue weighted by molar-refractivity contribution is 5.85. The second-order valence-corrected chi connectivity index (χ2v) is 8.74. The minimum atomic E-state index is -0.551. The van der Waals surface area contributed by atoms with E-state index in [1.54, 1.807) is 11.0 Å². The summed E-state index contributed by atoms with van der Waals surface area (Å²) in [5.41, 5.74) is 3.64. The van der Waals surface area contributed by atoms with E-state index in [-0.39, 0.29) is 12.0 Å². The zero-order chi connectivity index (χ0) is 22.8. The number of carbonyl (C=O) groups is 1. The standard InChI is InChI=1S/C25H30N4O3/c1-15-6-12-22(13-7-15)29-14-26-23(28-29)20-8-10-21(11-9-20)27-25(30)32-24-18(4)16(2)17(3)19(5)31-24/h6-14,16-19,24H,1-5H3,(H,27,30). The average molecular weight is 435 g/mol. The molecular formula is C25H30N4O3. The van der Waals surface area contributed by atoms with Gasteiger partial charge in [-0.25, -0.2) is 14.5 Å². The van der Waals surface area contributed by atoms with Crippen LogP contribution >= 0.6 is 0 Å². The van der Waals surface area contributed by atoms with Gasteiger partial charge in [-0.15, -0.1) is 5.10 Å². The van der Waals surface area contributed by atoms with Gasteiger partial charge in [0.2, 0.25) is 6.29 Å². The summed E-state index contributed by atoms with van der Waals surface area (Å²) in [5, 5.41) is 7.33. The molecule has 1 aliphatic heterocycles. The van der Waals surface area contributed by atoms with Crippen LogP contribution in [-0.2, 0) is 9.47 Å². The molecule has 1 aromatic heterocycles.